The Morgan fingerprint density at radius 2 is 2.18 bits per heavy atom. The Morgan fingerprint density at radius 3 is 2.71 bits per heavy atom. The lowest BCUT2D eigenvalue weighted by atomic mass is 9.97. The number of thiazole rings is 1. The van der Waals surface area contributed by atoms with Gasteiger partial charge < -0.3 is 15.5 Å². The third kappa shape index (κ3) is 3.40. The number of aromatic nitrogens is 1. The van der Waals surface area contributed by atoms with Gasteiger partial charge in [-0.2, -0.15) is 0 Å². The first-order chi connectivity index (χ1) is 8.19. The first-order valence-electron chi connectivity index (χ1n) is 6.23. The maximum Gasteiger partial charge on any atom is 0.185 e. The first kappa shape index (κ1) is 12.8. The minimum atomic E-state index is 0.606. The topological polar surface area (TPSA) is 45.4 Å². The van der Waals surface area contributed by atoms with Gasteiger partial charge >= 0.3 is 0 Å². The van der Waals surface area contributed by atoms with Crippen LogP contribution in [0.3, 0.4) is 0 Å². The van der Waals surface area contributed by atoms with E-state index in [-0.39, 0.29) is 0 Å². The lowest BCUT2D eigenvalue weighted by molar-refractivity contribution is 0.285. The van der Waals surface area contributed by atoms with E-state index < -0.39 is 0 Å². The highest BCUT2D eigenvalue weighted by Gasteiger charge is 2.21. The maximum atomic E-state index is 5.62. The molecule has 1 fully saturated rings. The largest absolute Gasteiger partial charge is 0.348 e. The van der Waals surface area contributed by atoms with Crippen LogP contribution in [0, 0.1) is 5.92 Å². The third-order valence-corrected chi connectivity index (χ3v) is 4.33. The van der Waals surface area contributed by atoms with Gasteiger partial charge in [-0.05, 0) is 32.9 Å². The van der Waals surface area contributed by atoms with Crippen LogP contribution in [0.25, 0.3) is 0 Å². The summed E-state index contributed by atoms with van der Waals surface area (Å²) in [5, 5.41) is 1.15. The van der Waals surface area contributed by atoms with Crippen LogP contribution in [-0.4, -0.2) is 43.6 Å². The molecule has 4 nitrogen and oxygen atoms in total. The van der Waals surface area contributed by atoms with E-state index in [1.807, 2.05) is 6.20 Å². The van der Waals surface area contributed by atoms with Crippen molar-refractivity contribution in [2.45, 2.75) is 19.4 Å². The number of hydrogen-bond acceptors (Lipinski definition) is 5. The Morgan fingerprint density at radius 1 is 1.47 bits per heavy atom. The second-order valence-corrected chi connectivity index (χ2v) is 6.10. The predicted octanol–water partition coefficient (Wildman–Crippen LogP) is 1.38. The van der Waals surface area contributed by atoms with Crippen molar-refractivity contribution in [1.29, 1.82) is 0 Å². The molecule has 0 amide bonds. The predicted molar refractivity (Wildman–Crippen MR) is 73.5 cm³/mol. The summed E-state index contributed by atoms with van der Waals surface area (Å²) in [5.74, 6) is 0.843. The average molecular weight is 254 g/mol. The van der Waals surface area contributed by atoms with Crippen molar-refractivity contribution in [2.24, 2.45) is 11.7 Å². The van der Waals surface area contributed by atoms with Gasteiger partial charge in [0.1, 0.15) is 0 Å². The summed E-state index contributed by atoms with van der Waals surface area (Å²) in [6.45, 7) is 4.08. The van der Waals surface area contributed by atoms with E-state index in [2.05, 4.69) is 28.9 Å². The molecule has 1 aromatic rings. The van der Waals surface area contributed by atoms with Crippen LogP contribution in [0.4, 0.5) is 5.13 Å². The van der Waals surface area contributed by atoms with E-state index in [4.69, 9.17) is 5.73 Å². The number of hydrogen-bond donors (Lipinski definition) is 1. The summed E-state index contributed by atoms with van der Waals surface area (Å²) in [6.07, 6.45) is 4.46. The molecule has 2 heterocycles. The van der Waals surface area contributed by atoms with Crippen molar-refractivity contribution < 1.29 is 0 Å². The zero-order valence-electron chi connectivity index (χ0n) is 10.7. The molecule has 1 aliphatic heterocycles. The number of nitrogens with two attached hydrogens (primary N) is 1. The monoisotopic (exact) mass is 254 g/mol. The zero-order valence-corrected chi connectivity index (χ0v) is 11.5. The molecule has 1 saturated heterocycles. The molecule has 1 aromatic heterocycles. The zero-order chi connectivity index (χ0) is 12.3. The molecule has 0 aliphatic carbocycles. The van der Waals surface area contributed by atoms with Gasteiger partial charge in [-0.3, -0.25) is 0 Å². The fourth-order valence-corrected chi connectivity index (χ4v) is 3.20. The number of piperidine rings is 1. The van der Waals surface area contributed by atoms with Gasteiger partial charge in [0.05, 0.1) is 0 Å². The fraction of sp³-hybridized carbons (Fsp3) is 0.750. The minimum absolute atomic E-state index is 0.606. The van der Waals surface area contributed by atoms with Crippen molar-refractivity contribution in [1.82, 2.24) is 9.88 Å². The van der Waals surface area contributed by atoms with Gasteiger partial charge in [-0.25, -0.2) is 4.98 Å². The molecule has 0 spiro atoms. The van der Waals surface area contributed by atoms with E-state index in [0.717, 1.165) is 24.1 Å². The molecular weight excluding hydrogens is 232 g/mol. The van der Waals surface area contributed by atoms with Gasteiger partial charge in [0.15, 0.2) is 5.13 Å². The van der Waals surface area contributed by atoms with Gasteiger partial charge in [-0.15, -0.1) is 11.3 Å². The summed E-state index contributed by atoms with van der Waals surface area (Å²) < 4.78 is 0. The molecule has 0 radical (unpaired) electrons. The average Bonchev–Trinajstić information content (AvgIpc) is 2.78. The van der Waals surface area contributed by atoms with Crippen molar-refractivity contribution in [3.63, 3.8) is 0 Å². The lowest BCUT2D eigenvalue weighted by Gasteiger charge is -2.32. The van der Waals surface area contributed by atoms with Crippen LogP contribution in [-0.2, 0) is 6.54 Å². The van der Waals surface area contributed by atoms with Crippen molar-refractivity contribution >= 4 is 16.5 Å². The van der Waals surface area contributed by atoms with E-state index in [1.165, 1.54) is 24.3 Å². The highest BCUT2D eigenvalue weighted by molar-refractivity contribution is 7.15. The Hall–Kier alpha value is -0.650. The van der Waals surface area contributed by atoms with E-state index in [0.29, 0.717) is 6.54 Å². The normalized spacial score (nSPS) is 18.0. The standard InChI is InChI=1S/C12H22N4S/c1-15(2)9-10-3-5-16(6-4-10)12-14-8-11(7-13)17-12/h8,10H,3-7,9,13H2,1-2H3. The van der Waals surface area contributed by atoms with Crippen LogP contribution in [0.2, 0.25) is 0 Å². The van der Waals surface area contributed by atoms with Crippen LogP contribution in [0.1, 0.15) is 17.7 Å². The molecule has 5 heteroatoms. The maximum absolute atomic E-state index is 5.62. The summed E-state index contributed by atoms with van der Waals surface area (Å²) >= 11 is 1.73. The molecule has 0 aromatic carbocycles. The number of nitrogens with zero attached hydrogens (tertiary/aromatic N) is 3. The third-order valence-electron chi connectivity index (χ3n) is 3.25. The van der Waals surface area contributed by atoms with Gasteiger partial charge in [0.25, 0.3) is 0 Å². The molecule has 2 rings (SSSR count). The van der Waals surface area contributed by atoms with Crippen molar-refractivity contribution in [3.8, 4) is 0 Å². The quantitative estimate of drug-likeness (QED) is 0.882. The molecule has 1 aliphatic rings. The highest BCUT2D eigenvalue weighted by atomic mass is 32.1. The molecule has 0 atom stereocenters. The van der Waals surface area contributed by atoms with Crippen LogP contribution >= 0.6 is 11.3 Å². The Balaban J connectivity index is 1.86. The molecular formula is C12H22N4S. The second-order valence-electron chi connectivity index (χ2n) is 5.01. The lowest BCUT2D eigenvalue weighted by Crippen LogP contribution is -2.37. The van der Waals surface area contributed by atoms with Crippen molar-refractivity contribution in [3.05, 3.63) is 11.1 Å². The smallest absolute Gasteiger partial charge is 0.185 e. The second kappa shape index (κ2) is 5.80. The molecule has 0 unspecified atom stereocenters. The minimum Gasteiger partial charge on any atom is -0.348 e. The van der Waals surface area contributed by atoms with Crippen LogP contribution < -0.4 is 10.6 Å². The van der Waals surface area contributed by atoms with Crippen LogP contribution in [0.5, 0.6) is 0 Å². The molecule has 2 N–H and O–H groups in total. The van der Waals surface area contributed by atoms with Crippen molar-refractivity contribution in [2.75, 3.05) is 38.6 Å². The Bertz CT molecular complexity index is 342. The first-order valence-corrected chi connectivity index (χ1v) is 7.05. The number of anilines is 1. The summed E-state index contributed by atoms with van der Waals surface area (Å²) in [5.41, 5.74) is 5.62. The van der Waals surface area contributed by atoms with Gasteiger partial charge in [0.2, 0.25) is 0 Å². The summed E-state index contributed by atoms with van der Waals surface area (Å²) in [6, 6.07) is 0. The van der Waals surface area contributed by atoms with E-state index >= 15 is 0 Å². The van der Waals surface area contributed by atoms with Crippen LogP contribution in [0.15, 0.2) is 6.20 Å². The Kier molecular flexibility index (Phi) is 4.36. The van der Waals surface area contributed by atoms with Gasteiger partial charge in [0, 0.05) is 37.3 Å². The van der Waals surface area contributed by atoms with E-state index in [1.54, 1.807) is 11.3 Å². The summed E-state index contributed by atoms with van der Waals surface area (Å²) in [4.78, 5) is 10.3. The fourth-order valence-electron chi connectivity index (χ4n) is 2.36. The Labute approximate surface area is 107 Å². The molecule has 17 heavy (non-hydrogen) atoms. The summed E-state index contributed by atoms with van der Waals surface area (Å²) in [7, 11) is 4.31. The van der Waals surface area contributed by atoms with Gasteiger partial charge in [-0.1, -0.05) is 0 Å². The van der Waals surface area contributed by atoms with E-state index in [9.17, 15) is 0 Å². The molecule has 96 valence electrons. The molecule has 0 bridgehead atoms. The molecule has 0 saturated carbocycles. The number of rotatable bonds is 4. The highest BCUT2D eigenvalue weighted by Crippen LogP contribution is 2.27. The SMILES string of the molecule is CN(C)CC1CCN(c2ncc(CN)s2)CC1.